The molecular weight excluding hydrogens is 370 g/mol. The molecule has 3 aromatic rings. The number of aromatic nitrogens is 1. The van der Waals surface area contributed by atoms with Crippen LogP contribution >= 0.6 is 0 Å². The minimum absolute atomic E-state index is 0.0815. The van der Waals surface area contributed by atoms with E-state index in [1.54, 1.807) is 30.3 Å². The fraction of sp³-hybridized carbons (Fsp3) is 0.0952. The Labute approximate surface area is 166 Å². The SMILES string of the molecule is CC(=O)c1ccc(N=Nc2c(O)c(C#N)c(=O)n(Cc3ccccc3)c2N)cc1. The zero-order chi connectivity index (χ0) is 21.0. The van der Waals surface area contributed by atoms with E-state index >= 15 is 0 Å². The Morgan fingerprint density at radius 3 is 2.38 bits per heavy atom. The minimum atomic E-state index is -0.712. The quantitative estimate of drug-likeness (QED) is 0.509. The lowest BCUT2D eigenvalue weighted by Crippen LogP contribution is -2.25. The molecule has 0 radical (unpaired) electrons. The first kappa shape index (κ1) is 19.5. The normalized spacial score (nSPS) is 10.8. The number of Topliss-reactive ketones (excluding diaryl/α,β-unsaturated/α-hetero) is 1. The second-order valence-electron chi connectivity index (χ2n) is 6.25. The number of anilines is 1. The average molecular weight is 387 g/mol. The number of hydrogen-bond acceptors (Lipinski definition) is 7. The monoisotopic (exact) mass is 387 g/mol. The number of benzene rings is 2. The van der Waals surface area contributed by atoms with Crippen LogP contribution < -0.4 is 11.3 Å². The van der Waals surface area contributed by atoms with Crippen LogP contribution in [0.2, 0.25) is 0 Å². The maximum Gasteiger partial charge on any atom is 0.274 e. The molecule has 0 atom stereocenters. The summed E-state index contributed by atoms with van der Waals surface area (Å²) in [6, 6.07) is 17.1. The Balaban J connectivity index is 2.06. The molecule has 0 aliphatic rings. The van der Waals surface area contributed by atoms with E-state index in [4.69, 9.17) is 5.73 Å². The van der Waals surface area contributed by atoms with Gasteiger partial charge in [0.1, 0.15) is 11.9 Å². The molecular formula is C21H17N5O3. The minimum Gasteiger partial charge on any atom is -0.504 e. The molecule has 3 rings (SSSR count). The van der Waals surface area contributed by atoms with Crippen molar-refractivity contribution in [3.8, 4) is 11.8 Å². The number of azo groups is 1. The number of nitrogens with zero attached hydrogens (tertiary/aromatic N) is 4. The van der Waals surface area contributed by atoms with E-state index in [9.17, 15) is 20.0 Å². The molecule has 0 fully saturated rings. The average Bonchev–Trinajstić information content (AvgIpc) is 2.72. The molecule has 8 heteroatoms. The molecule has 0 amide bonds. The molecule has 1 aromatic heterocycles. The second-order valence-corrected chi connectivity index (χ2v) is 6.25. The molecule has 0 saturated heterocycles. The van der Waals surface area contributed by atoms with E-state index in [2.05, 4.69) is 10.2 Å². The molecule has 0 saturated carbocycles. The number of pyridine rings is 1. The van der Waals surface area contributed by atoms with Gasteiger partial charge >= 0.3 is 0 Å². The first-order chi connectivity index (χ1) is 13.9. The van der Waals surface area contributed by atoms with Gasteiger partial charge in [-0.3, -0.25) is 14.2 Å². The standard InChI is InChI=1S/C21H17N5O3/c1-13(27)15-7-9-16(10-8-15)24-25-18-19(28)17(11-22)21(29)26(20(18)23)12-14-5-3-2-4-6-14/h2-10,28H,12,23H2,1H3. The van der Waals surface area contributed by atoms with Gasteiger partial charge in [-0.1, -0.05) is 30.3 Å². The first-order valence-electron chi connectivity index (χ1n) is 8.64. The third-order valence-electron chi connectivity index (χ3n) is 4.29. The molecule has 3 N–H and O–H groups in total. The zero-order valence-corrected chi connectivity index (χ0v) is 15.5. The summed E-state index contributed by atoms with van der Waals surface area (Å²) < 4.78 is 1.17. The van der Waals surface area contributed by atoms with Crippen LogP contribution in [-0.2, 0) is 6.54 Å². The molecule has 0 bridgehead atoms. The summed E-state index contributed by atoms with van der Waals surface area (Å²) >= 11 is 0. The van der Waals surface area contributed by atoms with Gasteiger partial charge < -0.3 is 10.8 Å². The summed E-state index contributed by atoms with van der Waals surface area (Å²) in [5.41, 5.74) is 6.46. The summed E-state index contributed by atoms with van der Waals surface area (Å²) in [4.78, 5) is 23.9. The Morgan fingerprint density at radius 1 is 1.14 bits per heavy atom. The Kier molecular flexibility index (Phi) is 5.51. The number of ketones is 1. The van der Waals surface area contributed by atoms with E-state index < -0.39 is 16.9 Å². The second kappa shape index (κ2) is 8.19. The van der Waals surface area contributed by atoms with Crippen molar-refractivity contribution < 1.29 is 9.90 Å². The number of rotatable bonds is 5. The molecule has 1 heterocycles. The topological polar surface area (TPSA) is 134 Å². The Hall–Kier alpha value is -4.25. The first-order valence-corrected chi connectivity index (χ1v) is 8.64. The van der Waals surface area contributed by atoms with Crippen molar-refractivity contribution in [1.82, 2.24) is 4.57 Å². The highest BCUT2D eigenvalue weighted by Gasteiger charge is 2.20. The van der Waals surface area contributed by atoms with Gasteiger partial charge in [0, 0.05) is 5.56 Å². The smallest absolute Gasteiger partial charge is 0.274 e. The number of carbonyl (C=O) groups excluding carboxylic acids is 1. The molecule has 0 spiro atoms. The van der Waals surface area contributed by atoms with Crippen molar-refractivity contribution in [3.63, 3.8) is 0 Å². The van der Waals surface area contributed by atoms with Gasteiger partial charge in [0.2, 0.25) is 0 Å². The highest BCUT2D eigenvalue weighted by Crippen LogP contribution is 2.35. The maximum atomic E-state index is 12.6. The van der Waals surface area contributed by atoms with Crippen molar-refractivity contribution in [2.45, 2.75) is 13.5 Å². The van der Waals surface area contributed by atoms with Gasteiger partial charge in [0.25, 0.3) is 5.56 Å². The third-order valence-corrected chi connectivity index (χ3v) is 4.29. The highest BCUT2D eigenvalue weighted by molar-refractivity contribution is 5.94. The van der Waals surface area contributed by atoms with Crippen LogP contribution in [0, 0.1) is 11.3 Å². The molecule has 0 unspecified atom stereocenters. The van der Waals surface area contributed by atoms with Gasteiger partial charge in [0.05, 0.1) is 12.2 Å². The predicted octanol–water partition coefficient (Wildman–Crippen LogP) is 3.67. The largest absolute Gasteiger partial charge is 0.504 e. The number of nitrogens with two attached hydrogens (primary N) is 1. The van der Waals surface area contributed by atoms with Crippen molar-refractivity contribution in [1.29, 1.82) is 5.26 Å². The van der Waals surface area contributed by atoms with Crippen molar-refractivity contribution in [2.24, 2.45) is 10.2 Å². The highest BCUT2D eigenvalue weighted by atomic mass is 16.3. The van der Waals surface area contributed by atoms with Crippen LogP contribution in [0.3, 0.4) is 0 Å². The summed E-state index contributed by atoms with van der Waals surface area (Å²) in [7, 11) is 0. The Bertz CT molecular complexity index is 1190. The predicted molar refractivity (Wildman–Crippen MR) is 108 cm³/mol. The van der Waals surface area contributed by atoms with Crippen LogP contribution in [0.15, 0.2) is 69.6 Å². The van der Waals surface area contributed by atoms with Crippen molar-refractivity contribution in [2.75, 3.05) is 5.73 Å². The molecule has 144 valence electrons. The fourth-order valence-electron chi connectivity index (χ4n) is 2.71. The molecule has 8 nitrogen and oxygen atoms in total. The molecule has 0 aliphatic heterocycles. The summed E-state index contributed by atoms with van der Waals surface area (Å²) in [5, 5.41) is 27.6. The lowest BCUT2D eigenvalue weighted by Gasteiger charge is -2.13. The third kappa shape index (κ3) is 4.04. The van der Waals surface area contributed by atoms with E-state index in [1.165, 1.54) is 11.5 Å². The Morgan fingerprint density at radius 2 is 1.79 bits per heavy atom. The van der Waals surface area contributed by atoms with Gasteiger partial charge in [-0.05, 0) is 36.8 Å². The van der Waals surface area contributed by atoms with Gasteiger partial charge in [-0.2, -0.15) is 10.4 Å². The van der Waals surface area contributed by atoms with Gasteiger partial charge in [-0.15, -0.1) is 5.11 Å². The number of aromatic hydroxyl groups is 1. The van der Waals surface area contributed by atoms with Crippen LogP contribution in [0.4, 0.5) is 17.2 Å². The fourth-order valence-corrected chi connectivity index (χ4v) is 2.71. The van der Waals surface area contributed by atoms with Gasteiger partial charge in [0.15, 0.2) is 22.8 Å². The van der Waals surface area contributed by atoms with Crippen molar-refractivity contribution >= 4 is 23.0 Å². The van der Waals surface area contributed by atoms with Crippen LogP contribution in [-0.4, -0.2) is 15.5 Å². The van der Waals surface area contributed by atoms with Crippen molar-refractivity contribution in [3.05, 3.63) is 81.6 Å². The molecule has 2 aromatic carbocycles. The molecule has 0 aliphatic carbocycles. The van der Waals surface area contributed by atoms with E-state index in [-0.39, 0.29) is 23.8 Å². The van der Waals surface area contributed by atoms with E-state index in [0.717, 1.165) is 5.56 Å². The number of nitriles is 1. The lowest BCUT2D eigenvalue weighted by molar-refractivity contribution is 0.101. The number of carbonyl (C=O) groups is 1. The van der Waals surface area contributed by atoms with E-state index in [1.807, 2.05) is 30.3 Å². The summed E-state index contributed by atoms with van der Waals surface area (Å²) in [6.07, 6.45) is 0. The summed E-state index contributed by atoms with van der Waals surface area (Å²) in [5.74, 6) is -0.815. The van der Waals surface area contributed by atoms with Crippen LogP contribution in [0.5, 0.6) is 5.75 Å². The van der Waals surface area contributed by atoms with Gasteiger partial charge in [-0.25, -0.2) is 0 Å². The zero-order valence-electron chi connectivity index (χ0n) is 15.5. The number of nitrogen functional groups attached to an aromatic ring is 1. The maximum absolute atomic E-state index is 12.6. The van der Waals surface area contributed by atoms with Crippen LogP contribution in [0.1, 0.15) is 28.4 Å². The lowest BCUT2D eigenvalue weighted by atomic mass is 10.1. The van der Waals surface area contributed by atoms with E-state index in [0.29, 0.717) is 11.3 Å². The summed E-state index contributed by atoms with van der Waals surface area (Å²) in [6.45, 7) is 1.56. The number of hydrogen-bond donors (Lipinski definition) is 2. The molecule has 29 heavy (non-hydrogen) atoms. The van der Waals surface area contributed by atoms with Crippen LogP contribution in [0.25, 0.3) is 0 Å².